The molecule has 2 aromatic carbocycles. The van der Waals surface area contributed by atoms with Crippen LogP contribution in [0.1, 0.15) is 5.56 Å². The van der Waals surface area contributed by atoms with Crippen LogP contribution < -0.4 is 4.80 Å². The van der Waals surface area contributed by atoms with Gasteiger partial charge in [-0.1, -0.05) is 46.7 Å². The molecule has 5 nitrogen and oxygen atoms in total. The first kappa shape index (κ1) is 21.5. The normalized spacial score (nSPS) is 12.7. The summed E-state index contributed by atoms with van der Waals surface area (Å²) < 4.78 is 26.2. The molecule has 0 N–H and O–H groups in total. The molecule has 0 atom stereocenters. The average molecular weight is 467 g/mol. The van der Waals surface area contributed by atoms with Crippen molar-refractivity contribution in [3.8, 4) is 0 Å². The highest BCUT2D eigenvalue weighted by atomic mass is 35.5. The van der Waals surface area contributed by atoms with E-state index < -0.39 is 15.7 Å². The minimum atomic E-state index is -3.33. The Labute approximate surface area is 182 Å². The Morgan fingerprint density at radius 2 is 2.00 bits per heavy atom. The minimum Gasteiger partial charge on any atom is -0.312 e. The highest BCUT2D eigenvalue weighted by molar-refractivity contribution is 7.90. The summed E-state index contributed by atoms with van der Waals surface area (Å²) in [5.74, 6) is -0.469. The van der Waals surface area contributed by atoms with Crippen molar-refractivity contribution in [2.75, 3.05) is 6.26 Å². The van der Waals surface area contributed by atoms with Crippen molar-refractivity contribution < 1.29 is 13.2 Å². The van der Waals surface area contributed by atoms with E-state index in [1.165, 1.54) is 23.5 Å². The number of hydrogen-bond donors (Lipinski definition) is 0. The van der Waals surface area contributed by atoms with E-state index in [4.69, 9.17) is 23.2 Å². The van der Waals surface area contributed by atoms with Crippen LogP contribution in [-0.2, 0) is 21.2 Å². The van der Waals surface area contributed by atoms with Gasteiger partial charge in [-0.05, 0) is 42.0 Å². The Kier molecular flexibility index (Phi) is 6.43. The lowest BCUT2D eigenvalue weighted by Gasteiger charge is -2.02. The van der Waals surface area contributed by atoms with Crippen LogP contribution in [0.4, 0.5) is 0 Å². The second kappa shape index (κ2) is 8.67. The molecular formula is C20H16Cl2N2O3S2. The van der Waals surface area contributed by atoms with Gasteiger partial charge in [0.2, 0.25) is 0 Å². The van der Waals surface area contributed by atoms with Crippen LogP contribution in [0, 0.1) is 0 Å². The van der Waals surface area contributed by atoms with Crippen LogP contribution in [0.3, 0.4) is 0 Å². The fourth-order valence-corrected chi connectivity index (χ4v) is 4.88. The molecule has 0 saturated heterocycles. The second-order valence-electron chi connectivity index (χ2n) is 6.13. The minimum absolute atomic E-state index is 0.215. The summed E-state index contributed by atoms with van der Waals surface area (Å²) in [5.41, 5.74) is 1.42. The Balaban J connectivity index is 2.03. The lowest BCUT2D eigenvalue weighted by atomic mass is 10.2. The number of halogens is 2. The van der Waals surface area contributed by atoms with Crippen molar-refractivity contribution in [2.24, 2.45) is 4.99 Å². The van der Waals surface area contributed by atoms with Crippen LogP contribution in [0.2, 0.25) is 10.0 Å². The van der Waals surface area contributed by atoms with Gasteiger partial charge in [-0.15, -0.1) is 6.58 Å². The monoisotopic (exact) mass is 466 g/mol. The molecule has 0 aliphatic carbocycles. The van der Waals surface area contributed by atoms with Gasteiger partial charge in [0, 0.05) is 28.9 Å². The van der Waals surface area contributed by atoms with Gasteiger partial charge < -0.3 is 4.57 Å². The lowest BCUT2D eigenvalue weighted by molar-refractivity contribution is -0.113. The number of carbonyl (C=O) groups is 1. The first-order valence-corrected chi connectivity index (χ1v) is 11.8. The Bertz CT molecular complexity index is 1320. The maximum atomic E-state index is 12.4. The maximum Gasteiger partial charge on any atom is 0.272 e. The van der Waals surface area contributed by atoms with Gasteiger partial charge in [0.25, 0.3) is 5.91 Å². The van der Waals surface area contributed by atoms with E-state index in [1.54, 1.807) is 47.1 Å². The smallest absolute Gasteiger partial charge is 0.272 e. The number of carbonyl (C=O) groups excluding carboxylic acids is 1. The fraction of sp³-hybridized carbons (Fsp3) is 0.100. The number of hydrogen-bond acceptors (Lipinski definition) is 4. The summed E-state index contributed by atoms with van der Waals surface area (Å²) in [6.07, 6.45) is 5.72. The molecule has 150 valence electrons. The van der Waals surface area contributed by atoms with E-state index in [1.807, 2.05) is 0 Å². The van der Waals surface area contributed by atoms with Crippen molar-refractivity contribution in [3.63, 3.8) is 0 Å². The Morgan fingerprint density at radius 1 is 1.24 bits per heavy atom. The SMILES string of the molecule is C=CCn1c(=NC(=O)C=Cc2ccc(Cl)cc2Cl)sc2cc(S(C)(=O)=O)ccc21. The third kappa shape index (κ3) is 5.05. The summed E-state index contributed by atoms with van der Waals surface area (Å²) in [6, 6.07) is 9.81. The van der Waals surface area contributed by atoms with E-state index in [9.17, 15) is 13.2 Å². The summed E-state index contributed by atoms with van der Waals surface area (Å²) in [7, 11) is -3.33. The molecule has 0 aliphatic rings. The maximum absolute atomic E-state index is 12.4. The van der Waals surface area contributed by atoms with Crippen molar-refractivity contribution in [1.29, 1.82) is 0 Å². The molecule has 3 aromatic rings. The number of thiazole rings is 1. The Morgan fingerprint density at radius 3 is 2.66 bits per heavy atom. The van der Waals surface area contributed by atoms with Gasteiger partial charge in [-0.3, -0.25) is 4.79 Å². The highest BCUT2D eigenvalue weighted by Crippen LogP contribution is 2.23. The van der Waals surface area contributed by atoms with Crippen LogP contribution in [0.25, 0.3) is 16.3 Å². The first-order chi connectivity index (χ1) is 13.7. The quantitative estimate of drug-likeness (QED) is 0.402. The zero-order valence-corrected chi connectivity index (χ0v) is 18.4. The molecule has 1 aromatic heterocycles. The molecule has 0 spiro atoms. The zero-order chi connectivity index (χ0) is 21.2. The van der Waals surface area contributed by atoms with E-state index in [-0.39, 0.29) is 4.90 Å². The van der Waals surface area contributed by atoms with Crippen molar-refractivity contribution in [1.82, 2.24) is 4.57 Å². The largest absolute Gasteiger partial charge is 0.312 e. The van der Waals surface area contributed by atoms with Crippen LogP contribution in [0.5, 0.6) is 0 Å². The first-order valence-electron chi connectivity index (χ1n) is 8.35. The van der Waals surface area contributed by atoms with Crippen LogP contribution in [0.15, 0.2) is 65.0 Å². The summed E-state index contributed by atoms with van der Waals surface area (Å²) >= 11 is 13.2. The molecule has 29 heavy (non-hydrogen) atoms. The van der Waals surface area contributed by atoms with E-state index in [2.05, 4.69) is 11.6 Å². The second-order valence-corrected chi connectivity index (χ2v) is 10.0. The van der Waals surface area contributed by atoms with Crippen molar-refractivity contribution in [2.45, 2.75) is 11.4 Å². The predicted molar refractivity (Wildman–Crippen MR) is 119 cm³/mol. The number of nitrogens with zero attached hydrogens (tertiary/aromatic N) is 2. The summed E-state index contributed by atoms with van der Waals surface area (Å²) in [6.45, 7) is 4.16. The van der Waals surface area contributed by atoms with Crippen molar-refractivity contribution >= 4 is 66.6 Å². The third-order valence-corrected chi connectivity index (χ3v) is 6.68. The number of rotatable bonds is 5. The van der Waals surface area contributed by atoms with Gasteiger partial charge in [0.1, 0.15) is 0 Å². The summed E-state index contributed by atoms with van der Waals surface area (Å²) in [5, 5.41) is 0.936. The molecule has 0 fully saturated rings. The van der Waals surface area contributed by atoms with E-state index in [0.29, 0.717) is 31.7 Å². The molecule has 0 radical (unpaired) electrons. The molecule has 0 aliphatic heterocycles. The standard InChI is InChI=1S/C20H16Cl2N2O3S2/c1-3-10-24-17-8-7-15(29(2,26)27)12-18(17)28-20(24)23-19(25)9-5-13-4-6-14(21)11-16(13)22/h3-9,11-12H,1,10H2,2H3. The van der Waals surface area contributed by atoms with E-state index >= 15 is 0 Å². The molecule has 0 bridgehead atoms. The van der Waals surface area contributed by atoms with Gasteiger partial charge in [0.15, 0.2) is 14.6 Å². The molecule has 3 rings (SSSR count). The van der Waals surface area contributed by atoms with Crippen LogP contribution >= 0.6 is 34.5 Å². The predicted octanol–water partition coefficient (Wildman–Crippen LogP) is 4.74. The average Bonchev–Trinajstić information content (AvgIpc) is 2.97. The molecule has 9 heteroatoms. The molecule has 0 saturated carbocycles. The number of fused-ring (bicyclic) bond motifs is 1. The zero-order valence-electron chi connectivity index (χ0n) is 15.3. The number of benzene rings is 2. The molecular weight excluding hydrogens is 451 g/mol. The number of aromatic nitrogens is 1. The van der Waals surface area contributed by atoms with Gasteiger partial charge >= 0.3 is 0 Å². The summed E-state index contributed by atoms with van der Waals surface area (Å²) in [4.78, 5) is 17.2. The molecule has 1 amide bonds. The van der Waals surface area contributed by atoms with Crippen molar-refractivity contribution in [3.05, 3.63) is 75.5 Å². The number of amides is 1. The van der Waals surface area contributed by atoms with Gasteiger partial charge in [-0.25, -0.2) is 8.42 Å². The number of sulfone groups is 1. The highest BCUT2D eigenvalue weighted by Gasteiger charge is 2.12. The Hall–Kier alpha value is -2.19. The van der Waals surface area contributed by atoms with E-state index in [0.717, 1.165) is 11.8 Å². The fourth-order valence-electron chi connectivity index (χ4n) is 2.60. The molecule has 1 heterocycles. The van der Waals surface area contributed by atoms with Crippen LogP contribution in [-0.4, -0.2) is 25.1 Å². The third-order valence-electron chi connectivity index (χ3n) is 3.97. The topological polar surface area (TPSA) is 68.5 Å². The number of allylic oxidation sites excluding steroid dienone is 1. The molecule has 0 unspecified atom stereocenters. The lowest BCUT2D eigenvalue weighted by Crippen LogP contribution is -2.15. The van der Waals surface area contributed by atoms with Gasteiger partial charge in [0.05, 0.1) is 15.1 Å². The van der Waals surface area contributed by atoms with Gasteiger partial charge in [-0.2, -0.15) is 4.99 Å².